The maximum atomic E-state index is 12.6. The third kappa shape index (κ3) is 4.01. The molecule has 22 heavy (non-hydrogen) atoms. The predicted octanol–water partition coefficient (Wildman–Crippen LogP) is 1.87. The summed E-state index contributed by atoms with van der Waals surface area (Å²) in [6.07, 6.45) is -1.61. The van der Waals surface area contributed by atoms with E-state index in [0.717, 1.165) is 12.0 Å². The molecule has 2 N–H and O–H groups in total. The standard InChI is InChI=1S/C16H23F2N3O/c1-2-13-10-21(9-8-20(13)11-14(17)18)16(22)15(19)12-6-4-3-5-7-12/h3-7,13-15H,2,8-11,19H2,1H3/t13-,15+/m1/s1. The molecule has 1 aromatic rings. The van der Waals surface area contributed by atoms with Crippen LogP contribution in [-0.4, -0.2) is 54.4 Å². The minimum absolute atomic E-state index is 0.0327. The molecular weight excluding hydrogens is 288 g/mol. The van der Waals surface area contributed by atoms with Gasteiger partial charge < -0.3 is 10.6 Å². The van der Waals surface area contributed by atoms with Gasteiger partial charge in [-0.2, -0.15) is 0 Å². The van der Waals surface area contributed by atoms with Gasteiger partial charge in [0.15, 0.2) is 0 Å². The van der Waals surface area contributed by atoms with Crippen LogP contribution in [0.1, 0.15) is 24.9 Å². The number of rotatable bonds is 5. The van der Waals surface area contributed by atoms with E-state index in [1.165, 1.54) is 0 Å². The number of nitrogens with zero attached hydrogens (tertiary/aromatic N) is 2. The van der Waals surface area contributed by atoms with Crippen LogP contribution in [0.15, 0.2) is 30.3 Å². The lowest BCUT2D eigenvalue weighted by atomic mass is 10.0. The minimum atomic E-state index is -2.34. The molecule has 6 heteroatoms. The van der Waals surface area contributed by atoms with E-state index in [1.54, 1.807) is 9.80 Å². The van der Waals surface area contributed by atoms with E-state index in [4.69, 9.17) is 5.73 Å². The molecule has 1 heterocycles. The maximum Gasteiger partial charge on any atom is 0.251 e. The summed E-state index contributed by atoms with van der Waals surface area (Å²) in [5, 5.41) is 0. The molecule has 0 unspecified atom stereocenters. The van der Waals surface area contributed by atoms with Crippen molar-refractivity contribution in [2.24, 2.45) is 5.73 Å². The summed E-state index contributed by atoms with van der Waals surface area (Å²) >= 11 is 0. The quantitative estimate of drug-likeness (QED) is 0.903. The Morgan fingerprint density at radius 2 is 2.00 bits per heavy atom. The molecule has 0 aromatic heterocycles. The van der Waals surface area contributed by atoms with Gasteiger partial charge in [0.1, 0.15) is 6.04 Å². The lowest BCUT2D eigenvalue weighted by Gasteiger charge is -2.41. The van der Waals surface area contributed by atoms with E-state index in [2.05, 4.69) is 0 Å². The van der Waals surface area contributed by atoms with Gasteiger partial charge in [-0.05, 0) is 12.0 Å². The van der Waals surface area contributed by atoms with Gasteiger partial charge in [0.05, 0.1) is 6.54 Å². The van der Waals surface area contributed by atoms with Crippen molar-refractivity contribution >= 4 is 5.91 Å². The van der Waals surface area contributed by atoms with Gasteiger partial charge in [0, 0.05) is 25.7 Å². The molecule has 0 spiro atoms. The number of carbonyl (C=O) groups is 1. The fourth-order valence-electron chi connectivity index (χ4n) is 2.90. The van der Waals surface area contributed by atoms with Gasteiger partial charge in [-0.3, -0.25) is 9.69 Å². The highest BCUT2D eigenvalue weighted by atomic mass is 19.3. The molecule has 1 saturated heterocycles. The van der Waals surface area contributed by atoms with E-state index < -0.39 is 12.5 Å². The Labute approximate surface area is 129 Å². The Bertz CT molecular complexity index is 484. The lowest BCUT2D eigenvalue weighted by molar-refractivity contribution is -0.136. The molecule has 122 valence electrons. The minimum Gasteiger partial charge on any atom is -0.338 e. The van der Waals surface area contributed by atoms with E-state index in [0.29, 0.717) is 19.6 Å². The number of nitrogens with two attached hydrogens (primary N) is 1. The third-order valence-electron chi connectivity index (χ3n) is 4.18. The normalized spacial score (nSPS) is 21.1. The molecule has 0 bridgehead atoms. The van der Waals surface area contributed by atoms with Crippen LogP contribution in [0, 0.1) is 0 Å². The average molecular weight is 311 g/mol. The van der Waals surface area contributed by atoms with E-state index in [-0.39, 0.29) is 18.5 Å². The molecule has 1 aromatic carbocycles. The SMILES string of the molecule is CC[C@@H]1CN(C(=O)[C@@H](N)c2ccccc2)CCN1CC(F)F. The lowest BCUT2D eigenvalue weighted by Crippen LogP contribution is -2.56. The molecule has 0 saturated carbocycles. The Morgan fingerprint density at radius 1 is 1.32 bits per heavy atom. The number of halogens is 2. The van der Waals surface area contributed by atoms with Crippen molar-refractivity contribution in [3.63, 3.8) is 0 Å². The van der Waals surface area contributed by atoms with Crippen molar-refractivity contribution in [1.82, 2.24) is 9.80 Å². The number of amides is 1. The zero-order valence-corrected chi connectivity index (χ0v) is 12.8. The fraction of sp³-hybridized carbons (Fsp3) is 0.562. The number of hydrogen-bond acceptors (Lipinski definition) is 3. The molecule has 1 amide bonds. The van der Waals surface area contributed by atoms with Gasteiger partial charge >= 0.3 is 0 Å². The maximum absolute atomic E-state index is 12.6. The first-order valence-electron chi connectivity index (χ1n) is 7.64. The van der Waals surface area contributed by atoms with Gasteiger partial charge in [-0.1, -0.05) is 37.3 Å². The van der Waals surface area contributed by atoms with Crippen molar-refractivity contribution in [2.45, 2.75) is 31.9 Å². The van der Waals surface area contributed by atoms with Crippen LogP contribution in [0.5, 0.6) is 0 Å². The number of piperazine rings is 1. The molecule has 2 atom stereocenters. The molecule has 4 nitrogen and oxygen atoms in total. The van der Waals surface area contributed by atoms with Crippen LogP contribution in [0.2, 0.25) is 0 Å². The summed E-state index contributed by atoms with van der Waals surface area (Å²) in [4.78, 5) is 16.0. The molecule has 2 rings (SSSR count). The molecule has 1 aliphatic heterocycles. The predicted molar refractivity (Wildman–Crippen MR) is 81.6 cm³/mol. The summed E-state index contributed by atoms with van der Waals surface area (Å²) in [5.41, 5.74) is 6.82. The first-order valence-corrected chi connectivity index (χ1v) is 7.64. The monoisotopic (exact) mass is 311 g/mol. The molecule has 1 fully saturated rings. The highest BCUT2D eigenvalue weighted by Gasteiger charge is 2.32. The topological polar surface area (TPSA) is 49.6 Å². The first-order chi connectivity index (χ1) is 10.5. The van der Waals surface area contributed by atoms with Crippen LogP contribution >= 0.6 is 0 Å². The van der Waals surface area contributed by atoms with Gasteiger partial charge in [0.2, 0.25) is 5.91 Å². The second-order valence-corrected chi connectivity index (χ2v) is 5.62. The summed E-state index contributed by atoms with van der Waals surface area (Å²) in [6, 6.07) is 8.49. The average Bonchev–Trinajstić information content (AvgIpc) is 2.54. The van der Waals surface area contributed by atoms with E-state index in [1.807, 2.05) is 37.3 Å². The Hall–Kier alpha value is -1.53. The summed E-state index contributed by atoms with van der Waals surface area (Å²) in [7, 11) is 0. The number of alkyl halides is 2. The van der Waals surface area contributed by atoms with Gasteiger partial charge in [0.25, 0.3) is 6.43 Å². The zero-order valence-electron chi connectivity index (χ0n) is 12.8. The van der Waals surface area contributed by atoms with Crippen LogP contribution < -0.4 is 5.73 Å². The van der Waals surface area contributed by atoms with Crippen LogP contribution in [0.3, 0.4) is 0 Å². The van der Waals surface area contributed by atoms with Crippen molar-refractivity contribution < 1.29 is 13.6 Å². The second kappa shape index (κ2) is 7.65. The fourth-order valence-corrected chi connectivity index (χ4v) is 2.90. The highest BCUT2D eigenvalue weighted by Crippen LogP contribution is 2.19. The van der Waals surface area contributed by atoms with Crippen LogP contribution in [-0.2, 0) is 4.79 Å². The Morgan fingerprint density at radius 3 is 2.59 bits per heavy atom. The van der Waals surface area contributed by atoms with Crippen LogP contribution in [0.25, 0.3) is 0 Å². The zero-order chi connectivity index (χ0) is 16.1. The Kier molecular flexibility index (Phi) is 5.85. The largest absolute Gasteiger partial charge is 0.338 e. The summed E-state index contributed by atoms with van der Waals surface area (Å²) in [6.45, 7) is 3.10. The van der Waals surface area contributed by atoms with Gasteiger partial charge in [-0.25, -0.2) is 8.78 Å². The molecular formula is C16H23F2N3O. The number of hydrogen-bond donors (Lipinski definition) is 1. The second-order valence-electron chi connectivity index (χ2n) is 5.62. The summed E-state index contributed by atoms with van der Waals surface area (Å²) in [5.74, 6) is -0.138. The van der Waals surface area contributed by atoms with Crippen LogP contribution in [0.4, 0.5) is 8.78 Å². The van der Waals surface area contributed by atoms with Crippen molar-refractivity contribution in [1.29, 1.82) is 0 Å². The number of benzene rings is 1. The molecule has 1 aliphatic rings. The van der Waals surface area contributed by atoms with Crippen molar-refractivity contribution in [2.75, 3.05) is 26.2 Å². The van der Waals surface area contributed by atoms with E-state index >= 15 is 0 Å². The first kappa shape index (κ1) is 16.8. The van der Waals surface area contributed by atoms with Gasteiger partial charge in [-0.15, -0.1) is 0 Å². The Balaban J connectivity index is 2.00. The molecule has 0 aliphatic carbocycles. The van der Waals surface area contributed by atoms with E-state index in [9.17, 15) is 13.6 Å². The number of carbonyl (C=O) groups excluding carboxylic acids is 1. The van der Waals surface area contributed by atoms with Crippen molar-refractivity contribution in [3.8, 4) is 0 Å². The van der Waals surface area contributed by atoms with Crippen molar-refractivity contribution in [3.05, 3.63) is 35.9 Å². The third-order valence-corrected chi connectivity index (χ3v) is 4.18. The highest BCUT2D eigenvalue weighted by molar-refractivity contribution is 5.83. The smallest absolute Gasteiger partial charge is 0.251 e. The molecule has 0 radical (unpaired) electrons. The summed E-state index contributed by atoms with van der Waals surface area (Å²) < 4.78 is 25.2.